The van der Waals surface area contributed by atoms with E-state index in [0.29, 0.717) is 10.0 Å². The molecule has 1 aromatic rings. The maximum atomic E-state index is 6.05. The third kappa shape index (κ3) is 4.17. The van der Waals surface area contributed by atoms with Crippen molar-refractivity contribution in [1.29, 1.82) is 0 Å². The van der Waals surface area contributed by atoms with E-state index in [1.165, 1.54) is 50.8 Å². The fourth-order valence-corrected chi connectivity index (χ4v) is 2.84. The quantitative estimate of drug-likeness (QED) is 0.843. The summed E-state index contributed by atoms with van der Waals surface area (Å²) >= 11 is 12.0. The van der Waals surface area contributed by atoms with E-state index < -0.39 is 0 Å². The Balaban J connectivity index is 1.95. The van der Waals surface area contributed by atoms with Gasteiger partial charge in [0, 0.05) is 5.56 Å². The molecule has 2 rings (SSSR count). The Kier molecular flexibility index (Phi) is 5.15. The lowest BCUT2D eigenvalue weighted by Crippen LogP contribution is -3.10. The number of likely N-dealkylation sites (tertiary alicyclic amines) is 1. The van der Waals surface area contributed by atoms with Crippen LogP contribution in [0, 0.1) is 0 Å². The average molecular weight is 273 g/mol. The summed E-state index contributed by atoms with van der Waals surface area (Å²) in [6.45, 7) is 3.66. The Morgan fingerprint density at radius 3 is 2.18 bits per heavy atom. The minimum atomic E-state index is 0.651. The van der Waals surface area contributed by atoms with Gasteiger partial charge in [-0.05, 0) is 37.8 Å². The molecule has 0 atom stereocenters. The number of halogens is 2. The first-order valence-electron chi connectivity index (χ1n) is 6.53. The summed E-state index contributed by atoms with van der Waals surface area (Å²) in [6.07, 6.45) is 6.92. The highest BCUT2D eigenvalue weighted by Crippen LogP contribution is 2.22. The van der Waals surface area contributed by atoms with Crippen molar-refractivity contribution in [3.8, 4) is 0 Å². The number of rotatable bonds is 2. The van der Waals surface area contributed by atoms with E-state index in [2.05, 4.69) is 6.07 Å². The van der Waals surface area contributed by atoms with Gasteiger partial charge in [-0.2, -0.15) is 0 Å². The van der Waals surface area contributed by atoms with E-state index in [1.54, 1.807) is 4.90 Å². The smallest absolute Gasteiger partial charge is 0.103 e. The molecule has 0 aromatic heterocycles. The van der Waals surface area contributed by atoms with Gasteiger partial charge in [0.25, 0.3) is 0 Å². The van der Waals surface area contributed by atoms with E-state index in [0.717, 1.165) is 6.54 Å². The van der Waals surface area contributed by atoms with Gasteiger partial charge in [0.15, 0.2) is 0 Å². The predicted molar refractivity (Wildman–Crippen MR) is 73.9 cm³/mol. The zero-order valence-corrected chi connectivity index (χ0v) is 11.7. The minimum Gasteiger partial charge on any atom is -0.331 e. The Hall–Kier alpha value is -0.240. The van der Waals surface area contributed by atoms with E-state index in [9.17, 15) is 0 Å². The monoisotopic (exact) mass is 272 g/mol. The summed E-state index contributed by atoms with van der Waals surface area (Å²) in [5.41, 5.74) is 1.30. The predicted octanol–water partition coefficient (Wildman–Crippen LogP) is 3.34. The Bertz CT molecular complexity index is 357. The SMILES string of the molecule is Clc1ccc(C[NH+]2CCCCCCC2)cc1Cl. The van der Waals surface area contributed by atoms with Crippen LogP contribution in [-0.4, -0.2) is 13.1 Å². The van der Waals surface area contributed by atoms with Crippen molar-refractivity contribution >= 4 is 23.2 Å². The lowest BCUT2D eigenvalue weighted by Gasteiger charge is -2.21. The van der Waals surface area contributed by atoms with E-state index >= 15 is 0 Å². The van der Waals surface area contributed by atoms with Crippen LogP contribution >= 0.6 is 23.2 Å². The van der Waals surface area contributed by atoms with Crippen LogP contribution in [-0.2, 0) is 6.54 Å². The molecule has 0 spiro atoms. The van der Waals surface area contributed by atoms with Crippen molar-refractivity contribution < 1.29 is 4.90 Å². The topological polar surface area (TPSA) is 4.44 Å². The zero-order valence-electron chi connectivity index (χ0n) is 10.1. The van der Waals surface area contributed by atoms with Crippen molar-refractivity contribution in [2.75, 3.05) is 13.1 Å². The summed E-state index contributed by atoms with van der Waals surface area (Å²) in [5.74, 6) is 0. The third-order valence-corrected chi connectivity index (χ3v) is 4.24. The van der Waals surface area contributed by atoms with Crippen LogP contribution < -0.4 is 4.90 Å². The van der Waals surface area contributed by atoms with Gasteiger partial charge < -0.3 is 4.90 Å². The first-order chi connectivity index (χ1) is 8.25. The molecule has 1 heterocycles. The van der Waals surface area contributed by atoms with Gasteiger partial charge in [-0.25, -0.2) is 0 Å². The molecule has 0 radical (unpaired) electrons. The Labute approximate surface area is 114 Å². The van der Waals surface area contributed by atoms with Gasteiger partial charge in [-0.1, -0.05) is 35.7 Å². The molecule has 0 amide bonds. The fraction of sp³-hybridized carbons (Fsp3) is 0.571. The number of nitrogens with one attached hydrogen (secondary N) is 1. The summed E-state index contributed by atoms with van der Waals surface area (Å²) in [5, 5.41) is 1.33. The van der Waals surface area contributed by atoms with Crippen molar-refractivity contribution in [3.63, 3.8) is 0 Å². The maximum absolute atomic E-state index is 6.05. The number of benzene rings is 1. The molecule has 17 heavy (non-hydrogen) atoms. The highest BCUT2D eigenvalue weighted by molar-refractivity contribution is 6.41. The Morgan fingerprint density at radius 2 is 1.53 bits per heavy atom. The number of hydrogen-bond donors (Lipinski definition) is 1. The van der Waals surface area contributed by atoms with Gasteiger partial charge >= 0.3 is 0 Å². The van der Waals surface area contributed by atoms with E-state index in [1.807, 2.05) is 12.1 Å². The highest BCUT2D eigenvalue weighted by atomic mass is 35.5. The van der Waals surface area contributed by atoms with Crippen molar-refractivity contribution in [3.05, 3.63) is 33.8 Å². The molecule has 1 N–H and O–H groups in total. The average Bonchev–Trinajstić information content (AvgIpc) is 2.27. The minimum absolute atomic E-state index is 0.651. The summed E-state index contributed by atoms with van der Waals surface area (Å²) < 4.78 is 0. The molecule has 94 valence electrons. The third-order valence-electron chi connectivity index (χ3n) is 3.50. The molecular formula is C14H20Cl2N+. The molecule has 1 aliphatic rings. The van der Waals surface area contributed by atoms with Crippen molar-refractivity contribution in [2.45, 2.75) is 38.6 Å². The standard InChI is InChI=1S/C14H19Cl2N/c15-13-7-6-12(10-14(13)16)11-17-8-4-2-1-3-5-9-17/h6-7,10H,1-5,8-9,11H2/p+1. The molecule has 1 nitrogen and oxygen atoms in total. The second kappa shape index (κ2) is 6.63. The molecule has 1 fully saturated rings. The molecule has 0 aliphatic carbocycles. The fourth-order valence-electron chi connectivity index (χ4n) is 2.52. The lowest BCUT2D eigenvalue weighted by atomic mass is 10.1. The van der Waals surface area contributed by atoms with E-state index in [4.69, 9.17) is 23.2 Å². The second-order valence-corrected chi connectivity index (χ2v) is 5.76. The second-order valence-electron chi connectivity index (χ2n) is 4.94. The van der Waals surface area contributed by atoms with Crippen LogP contribution in [0.15, 0.2) is 18.2 Å². The normalized spacial score (nSPS) is 18.7. The molecule has 3 heteroatoms. The lowest BCUT2D eigenvalue weighted by molar-refractivity contribution is -0.914. The summed E-state index contributed by atoms with van der Waals surface area (Å²) in [6, 6.07) is 6.01. The molecule has 1 aliphatic heterocycles. The molecule has 0 unspecified atom stereocenters. The molecule has 1 aromatic carbocycles. The van der Waals surface area contributed by atoms with Gasteiger partial charge in [0.1, 0.15) is 6.54 Å². The van der Waals surface area contributed by atoms with Crippen LogP contribution in [0.25, 0.3) is 0 Å². The number of quaternary nitrogens is 1. The van der Waals surface area contributed by atoms with Crippen LogP contribution in [0.1, 0.15) is 37.7 Å². The molecule has 0 saturated carbocycles. The van der Waals surface area contributed by atoms with Crippen LogP contribution in [0.2, 0.25) is 10.0 Å². The molecule has 0 bridgehead atoms. The van der Waals surface area contributed by atoms with E-state index in [-0.39, 0.29) is 0 Å². The van der Waals surface area contributed by atoms with Gasteiger partial charge in [0.05, 0.1) is 23.1 Å². The first kappa shape index (κ1) is 13.2. The van der Waals surface area contributed by atoms with Crippen molar-refractivity contribution in [1.82, 2.24) is 0 Å². The number of hydrogen-bond acceptors (Lipinski definition) is 0. The molecular weight excluding hydrogens is 253 g/mol. The summed E-state index contributed by atoms with van der Waals surface area (Å²) in [4.78, 5) is 1.68. The largest absolute Gasteiger partial charge is 0.331 e. The van der Waals surface area contributed by atoms with Crippen molar-refractivity contribution in [2.24, 2.45) is 0 Å². The van der Waals surface area contributed by atoms with Gasteiger partial charge in [-0.15, -0.1) is 0 Å². The van der Waals surface area contributed by atoms with Gasteiger partial charge in [0.2, 0.25) is 0 Å². The maximum Gasteiger partial charge on any atom is 0.103 e. The highest BCUT2D eigenvalue weighted by Gasteiger charge is 2.12. The summed E-state index contributed by atoms with van der Waals surface area (Å²) in [7, 11) is 0. The Morgan fingerprint density at radius 1 is 0.882 bits per heavy atom. The van der Waals surface area contributed by atoms with Gasteiger partial charge in [-0.3, -0.25) is 0 Å². The van der Waals surface area contributed by atoms with Crippen LogP contribution in [0.5, 0.6) is 0 Å². The van der Waals surface area contributed by atoms with Crippen LogP contribution in [0.4, 0.5) is 0 Å². The molecule has 1 saturated heterocycles. The zero-order chi connectivity index (χ0) is 12.1. The first-order valence-corrected chi connectivity index (χ1v) is 7.29. The van der Waals surface area contributed by atoms with Crippen LogP contribution in [0.3, 0.4) is 0 Å².